The van der Waals surface area contributed by atoms with Crippen molar-refractivity contribution in [3.05, 3.63) is 11.1 Å². The summed E-state index contributed by atoms with van der Waals surface area (Å²) in [5.41, 5.74) is 0.992. The second kappa shape index (κ2) is 6.86. The molecule has 1 rings (SSSR count). The van der Waals surface area contributed by atoms with Gasteiger partial charge in [-0.15, -0.1) is 5.10 Å². The van der Waals surface area contributed by atoms with Crippen LogP contribution in [-0.4, -0.2) is 27.3 Å². The molecule has 0 aromatic carbocycles. The van der Waals surface area contributed by atoms with E-state index in [1.807, 2.05) is 12.3 Å². The van der Waals surface area contributed by atoms with Gasteiger partial charge in [0.15, 0.2) is 0 Å². The van der Waals surface area contributed by atoms with Crippen molar-refractivity contribution in [1.29, 1.82) is 0 Å². The Morgan fingerprint density at radius 3 is 3.14 bits per heavy atom. The van der Waals surface area contributed by atoms with E-state index < -0.39 is 0 Å². The molecule has 0 radical (unpaired) electrons. The van der Waals surface area contributed by atoms with Crippen molar-refractivity contribution in [2.24, 2.45) is 0 Å². The Balaban J connectivity index is 1.95. The van der Waals surface area contributed by atoms with Gasteiger partial charge in [-0.25, -0.2) is 0 Å². The quantitative estimate of drug-likeness (QED) is 0.671. The normalized spacial score (nSPS) is 13.0. The van der Waals surface area contributed by atoms with Crippen molar-refractivity contribution in [1.82, 2.24) is 14.9 Å². The van der Waals surface area contributed by atoms with Gasteiger partial charge < -0.3 is 10.4 Å². The Morgan fingerprint density at radius 1 is 1.64 bits per heavy atom. The van der Waals surface area contributed by atoms with Crippen LogP contribution in [0.2, 0.25) is 0 Å². The Kier molecular flexibility index (Phi) is 5.66. The van der Waals surface area contributed by atoms with Crippen molar-refractivity contribution in [3.8, 4) is 0 Å². The molecule has 0 saturated carbocycles. The first-order valence-corrected chi connectivity index (χ1v) is 5.81. The molecule has 1 unspecified atom stereocenters. The zero-order valence-corrected chi connectivity index (χ0v) is 9.26. The van der Waals surface area contributed by atoms with Crippen LogP contribution in [0.1, 0.15) is 31.9 Å². The number of nitrogens with one attached hydrogen (secondary N) is 1. The van der Waals surface area contributed by atoms with Crippen LogP contribution >= 0.6 is 11.5 Å². The molecule has 2 N–H and O–H groups in total. The van der Waals surface area contributed by atoms with Crippen LogP contribution in [0.15, 0.2) is 5.38 Å². The third kappa shape index (κ3) is 4.64. The highest BCUT2D eigenvalue weighted by Gasteiger charge is 1.99. The highest BCUT2D eigenvalue weighted by atomic mass is 32.1. The predicted molar refractivity (Wildman–Crippen MR) is 57.1 cm³/mol. The van der Waals surface area contributed by atoms with Crippen molar-refractivity contribution >= 4 is 11.5 Å². The topological polar surface area (TPSA) is 58.0 Å². The van der Waals surface area contributed by atoms with Gasteiger partial charge in [-0.2, -0.15) is 0 Å². The predicted octanol–water partition coefficient (Wildman–Crippen LogP) is 1.18. The SMILES string of the molecule is CCC(O)CCCNCc1csnn1. The fraction of sp³-hybridized carbons (Fsp3) is 0.778. The highest BCUT2D eigenvalue weighted by Crippen LogP contribution is 2.00. The van der Waals surface area contributed by atoms with Crippen molar-refractivity contribution in [2.45, 2.75) is 38.8 Å². The summed E-state index contributed by atoms with van der Waals surface area (Å²) in [4.78, 5) is 0. The summed E-state index contributed by atoms with van der Waals surface area (Å²) >= 11 is 1.37. The summed E-state index contributed by atoms with van der Waals surface area (Å²) < 4.78 is 3.77. The van der Waals surface area contributed by atoms with Crippen LogP contribution in [0, 0.1) is 0 Å². The third-order valence-corrected chi connectivity index (χ3v) is 2.63. The number of aromatic nitrogens is 2. The number of hydrogen-bond acceptors (Lipinski definition) is 5. The molecule has 0 amide bonds. The van der Waals surface area contributed by atoms with E-state index in [0.29, 0.717) is 0 Å². The summed E-state index contributed by atoms with van der Waals surface area (Å²) in [5, 5.41) is 18.4. The molecule has 0 fully saturated rings. The smallest absolute Gasteiger partial charge is 0.0893 e. The van der Waals surface area contributed by atoms with E-state index in [9.17, 15) is 5.11 Å². The molecule has 0 aliphatic rings. The zero-order chi connectivity index (χ0) is 10.2. The van der Waals surface area contributed by atoms with Gasteiger partial charge in [0, 0.05) is 11.9 Å². The van der Waals surface area contributed by atoms with E-state index in [1.54, 1.807) is 0 Å². The van der Waals surface area contributed by atoms with Gasteiger partial charge in [0.1, 0.15) is 0 Å². The first kappa shape index (κ1) is 11.6. The van der Waals surface area contributed by atoms with Gasteiger partial charge in [0.2, 0.25) is 0 Å². The lowest BCUT2D eigenvalue weighted by atomic mass is 10.1. The molecule has 1 aromatic rings. The van der Waals surface area contributed by atoms with E-state index in [2.05, 4.69) is 14.9 Å². The third-order valence-electron chi connectivity index (χ3n) is 2.07. The second-order valence-corrected chi connectivity index (χ2v) is 3.89. The van der Waals surface area contributed by atoms with Gasteiger partial charge in [0.05, 0.1) is 11.8 Å². The standard InChI is InChI=1S/C9H17N3OS/c1-2-9(13)4-3-5-10-6-8-7-14-12-11-8/h7,9-10,13H,2-6H2,1H3. The average molecular weight is 215 g/mol. The minimum atomic E-state index is -0.141. The van der Waals surface area contributed by atoms with Crippen molar-refractivity contribution in [2.75, 3.05) is 6.54 Å². The molecule has 0 aliphatic carbocycles. The molecule has 4 nitrogen and oxygen atoms in total. The molecule has 0 bridgehead atoms. The Bertz CT molecular complexity index is 228. The van der Waals surface area contributed by atoms with E-state index in [0.717, 1.165) is 38.0 Å². The maximum absolute atomic E-state index is 9.29. The van der Waals surface area contributed by atoms with Crippen LogP contribution in [0.5, 0.6) is 0 Å². The molecular formula is C9H17N3OS. The summed E-state index contributed by atoms with van der Waals surface area (Å²) in [6, 6.07) is 0. The minimum absolute atomic E-state index is 0.141. The van der Waals surface area contributed by atoms with Crippen LogP contribution in [0.3, 0.4) is 0 Å². The molecule has 14 heavy (non-hydrogen) atoms. The largest absolute Gasteiger partial charge is 0.393 e. The summed E-state index contributed by atoms with van der Waals surface area (Å²) in [6.07, 6.45) is 2.58. The summed E-state index contributed by atoms with van der Waals surface area (Å²) in [6.45, 7) is 3.70. The van der Waals surface area contributed by atoms with Crippen LogP contribution in [-0.2, 0) is 6.54 Å². The number of nitrogens with zero attached hydrogens (tertiary/aromatic N) is 2. The summed E-state index contributed by atoms with van der Waals surface area (Å²) in [7, 11) is 0. The molecule has 5 heteroatoms. The number of hydrogen-bond donors (Lipinski definition) is 2. The first-order chi connectivity index (χ1) is 6.83. The molecule has 0 spiro atoms. The van der Waals surface area contributed by atoms with Crippen LogP contribution in [0.25, 0.3) is 0 Å². The second-order valence-electron chi connectivity index (χ2n) is 3.28. The average Bonchev–Trinajstić information content (AvgIpc) is 2.69. The molecule has 1 aromatic heterocycles. The Morgan fingerprint density at radius 2 is 2.50 bits per heavy atom. The Labute approximate surface area is 88.5 Å². The van der Waals surface area contributed by atoms with Gasteiger partial charge in [-0.3, -0.25) is 0 Å². The van der Waals surface area contributed by atoms with E-state index >= 15 is 0 Å². The maximum Gasteiger partial charge on any atom is 0.0893 e. The van der Waals surface area contributed by atoms with Gasteiger partial charge in [-0.05, 0) is 37.3 Å². The minimum Gasteiger partial charge on any atom is -0.393 e. The fourth-order valence-electron chi connectivity index (χ4n) is 1.14. The number of aliphatic hydroxyl groups excluding tert-OH is 1. The fourth-order valence-corrected chi connectivity index (χ4v) is 1.60. The van der Waals surface area contributed by atoms with Crippen molar-refractivity contribution < 1.29 is 5.11 Å². The molecule has 1 atom stereocenters. The van der Waals surface area contributed by atoms with Gasteiger partial charge in [-0.1, -0.05) is 11.4 Å². The Hall–Kier alpha value is -0.520. The molecule has 1 heterocycles. The van der Waals surface area contributed by atoms with Gasteiger partial charge >= 0.3 is 0 Å². The van der Waals surface area contributed by atoms with Crippen molar-refractivity contribution in [3.63, 3.8) is 0 Å². The zero-order valence-electron chi connectivity index (χ0n) is 8.44. The summed E-state index contributed by atoms with van der Waals surface area (Å²) in [5.74, 6) is 0. The molecule has 0 saturated heterocycles. The lowest BCUT2D eigenvalue weighted by Gasteiger charge is -2.07. The lowest BCUT2D eigenvalue weighted by Crippen LogP contribution is -2.17. The van der Waals surface area contributed by atoms with Gasteiger partial charge in [0.25, 0.3) is 0 Å². The van der Waals surface area contributed by atoms with E-state index in [1.165, 1.54) is 11.5 Å². The number of aliphatic hydroxyl groups is 1. The molecule has 0 aliphatic heterocycles. The monoisotopic (exact) mass is 215 g/mol. The van der Waals surface area contributed by atoms with Crippen LogP contribution < -0.4 is 5.32 Å². The maximum atomic E-state index is 9.29. The highest BCUT2D eigenvalue weighted by molar-refractivity contribution is 7.03. The lowest BCUT2D eigenvalue weighted by molar-refractivity contribution is 0.157. The molecule has 80 valence electrons. The van der Waals surface area contributed by atoms with E-state index in [-0.39, 0.29) is 6.10 Å². The van der Waals surface area contributed by atoms with Crippen LogP contribution in [0.4, 0.5) is 0 Å². The first-order valence-electron chi connectivity index (χ1n) is 4.97. The molecular weight excluding hydrogens is 198 g/mol. The van der Waals surface area contributed by atoms with E-state index in [4.69, 9.17) is 0 Å². The number of rotatable bonds is 7.